The van der Waals surface area contributed by atoms with Gasteiger partial charge in [0.1, 0.15) is 11.6 Å². The van der Waals surface area contributed by atoms with Gasteiger partial charge in [-0.15, -0.1) is 0 Å². The predicted octanol–water partition coefficient (Wildman–Crippen LogP) is 2.86. The molecule has 23 heavy (non-hydrogen) atoms. The van der Waals surface area contributed by atoms with Crippen molar-refractivity contribution >= 4 is 11.5 Å². The Morgan fingerprint density at radius 3 is 2.52 bits per heavy atom. The Balaban J connectivity index is 1.93. The summed E-state index contributed by atoms with van der Waals surface area (Å²) in [5, 5.41) is 6.04. The smallest absolute Gasteiger partial charge is 0.251 e. The maximum atomic E-state index is 14.1. The summed E-state index contributed by atoms with van der Waals surface area (Å²) in [7, 11) is 0. The van der Waals surface area contributed by atoms with Crippen LogP contribution in [0.1, 0.15) is 21.5 Å². The topological polar surface area (TPSA) is 41.1 Å². The lowest BCUT2D eigenvalue weighted by Gasteiger charge is -2.12. The zero-order valence-corrected chi connectivity index (χ0v) is 12.2. The molecule has 2 aromatic carbocycles. The summed E-state index contributed by atoms with van der Waals surface area (Å²) in [6.45, 7) is 1.98. The molecule has 0 saturated heterocycles. The van der Waals surface area contributed by atoms with E-state index in [1.807, 2.05) is 6.07 Å². The van der Waals surface area contributed by atoms with Crippen molar-refractivity contribution in [3.8, 4) is 11.1 Å². The monoisotopic (exact) mass is 312 g/mol. The molecule has 5 heteroatoms. The number of carbonyl (C=O) groups excluding carboxylic acids is 1. The normalized spacial score (nSPS) is 16.3. The number of hydrogen-bond acceptors (Lipinski definition) is 2. The zero-order chi connectivity index (χ0) is 16.0. The minimum absolute atomic E-state index is 0.155. The van der Waals surface area contributed by atoms with E-state index in [-0.39, 0.29) is 5.91 Å². The van der Waals surface area contributed by atoms with Gasteiger partial charge in [0, 0.05) is 36.8 Å². The van der Waals surface area contributed by atoms with E-state index in [2.05, 4.69) is 16.7 Å². The Morgan fingerprint density at radius 2 is 1.78 bits per heavy atom. The van der Waals surface area contributed by atoms with Crippen LogP contribution in [0.5, 0.6) is 0 Å². The molecule has 0 atom stereocenters. The second-order valence-electron chi connectivity index (χ2n) is 5.72. The molecule has 2 heterocycles. The van der Waals surface area contributed by atoms with Gasteiger partial charge in [0.15, 0.2) is 0 Å². The summed E-state index contributed by atoms with van der Waals surface area (Å²) in [6, 6.07) is 7.06. The molecule has 1 amide bonds. The number of hydrogen-bond donors (Lipinski definition) is 2. The summed E-state index contributed by atoms with van der Waals surface area (Å²) < 4.78 is 27.3. The zero-order valence-electron chi connectivity index (χ0n) is 12.2. The van der Waals surface area contributed by atoms with Gasteiger partial charge in [0.2, 0.25) is 0 Å². The van der Waals surface area contributed by atoms with Crippen LogP contribution in [0.2, 0.25) is 0 Å². The van der Waals surface area contributed by atoms with Gasteiger partial charge in [-0.1, -0.05) is 6.08 Å². The van der Waals surface area contributed by atoms with Gasteiger partial charge in [-0.25, -0.2) is 8.78 Å². The number of benzene rings is 2. The van der Waals surface area contributed by atoms with Crippen molar-refractivity contribution in [1.82, 2.24) is 10.6 Å². The van der Waals surface area contributed by atoms with Crippen molar-refractivity contribution in [3.63, 3.8) is 0 Å². The van der Waals surface area contributed by atoms with Crippen LogP contribution >= 0.6 is 0 Å². The third-order valence-electron chi connectivity index (χ3n) is 4.32. The molecule has 0 radical (unpaired) electrons. The lowest BCUT2D eigenvalue weighted by atomic mass is 9.91. The van der Waals surface area contributed by atoms with E-state index >= 15 is 0 Å². The molecule has 0 spiro atoms. The van der Waals surface area contributed by atoms with Crippen LogP contribution in [0.25, 0.3) is 16.7 Å². The fraction of sp³-hybridized carbons (Fsp3) is 0.167. The molecule has 0 fully saturated rings. The van der Waals surface area contributed by atoms with E-state index in [4.69, 9.17) is 0 Å². The molecule has 2 aliphatic heterocycles. The predicted molar refractivity (Wildman–Crippen MR) is 83.8 cm³/mol. The van der Waals surface area contributed by atoms with Crippen LogP contribution in [0, 0.1) is 11.6 Å². The van der Waals surface area contributed by atoms with Crippen molar-refractivity contribution in [2.24, 2.45) is 0 Å². The Labute approximate surface area is 132 Å². The first kappa shape index (κ1) is 14.1. The summed E-state index contributed by atoms with van der Waals surface area (Å²) in [5.41, 5.74) is 4.43. The Kier molecular flexibility index (Phi) is 3.23. The maximum absolute atomic E-state index is 14.1. The Bertz CT molecular complexity index is 858. The lowest BCUT2D eigenvalue weighted by Crippen LogP contribution is -2.12. The highest BCUT2D eigenvalue weighted by Gasteiger charge is 2.25. The Hall–Kier alpha value is -2.53. The van der Waals surface area contributed by atoms with Crippen LogP contribution in [0.4, 0.5) is 8.78 Å². The van der Waals surface area contributed by atoms with E-state index < -0.39 is 11.6 Å². The molecule has 2 N–H and O–H groups in total. The van der Waals surface area contributed by atoms with Crippen molar-refractivity contribution in [2.45, 2.75) is 6.54 Å². The first-order valence-electron chi connectivity index (χ1n) is 7.44. The first-order valence-corrected chi connectivity index (χ1v) is 7.44. The van der Waals surface area contributed by atoms with Crippen molar-refractivity contribution in [1.29, 1.82) is 0 Å². The third kappa shape index (κ3) is 2.33. The van der Waals surface area contributed by atoms with Gasteiger partial charge in [-0.3, -0.25) is 4.79 Å². The summed E-state index contributed by atoms with van der Waals surface area (Å²) in [6.07, 6.45) is 2.07. The summed E-state index contributed by atoms with van der Waals surface area (Å²) >= 11 is 0. The molecular weight excluding hydrogens is 298 g/mol. The molecule has 2 aliphatic rings. The quantitative estimate of drug-likeness (QED) is 0.895. The fourth-order valence-electron chi connectivity index (χ4n) is 3.17. The van der Waals surface area contributed by atoms with Gasteiger partial charge in [-0.2, -0.15) is 0 Å². The second-order valence-corrected chi connectivity index (χ2v) is 5.72. The number of nitrogens with one attached hydrogen (secondary N) is 2. The minimum Gasteiger partial charge on any atom is -0.348 e. The molecular formula is C18H14F2N2O. The largest absolute Gasteiger partial charge is 0.348 e. The van der Waals surface area contributed by atoms with E-state index in [0.717, 1.165) is 35.9 Å². The molecule has 4 rings (SSSR count). The van der Waals surface area contributed by atoms with Crippen molar-refractivity contribution in [2.75, 3.05) is 13.1 Å². The highest BCUT2D eigenvalue weighted by molar-refractivity contribution is 6.01. The van der Waals surface area contributed by atoms with Crippen molar-refractivity contribution in [3.05, 3.63) is 64.7 Å². The average molecular weight is 312 g/mol. The van der Waals surface area contributed by atoms with Gasteiger partial charge >= 0.3 is 0 Å². The number of carbonyl (C=O) groups is 1. The summed E-state index contributed by atoms with van der Waals surface area (Å²) in [5.74, 6) is -1.40. The maximum Gasteiger partial charge on any atom is 0.251 e. The summed E-state index contributed by atoms with van der Waals surface area (Å²) in [4.78, 5) is 12.1. The molecule has 0 aliphatic carbocycles. The van der Waals surface area contributed by atoms with Crippen LogP contribution in [-0.2, 0) is 6.54 Å². The highest BCUT2D eigenvalue weighted by atomic mass is 19.1. The molecule has 0 bridgehead atoms. The first-order chi connectivity index (χ1) is 11.1. The van der Waals surface area contributed by atoms with Gasteiger partial charge < -0.3 is 10.6 Å². The second kappa shape index (κ2) is 5.28. The molecule has 116 valence electrons. The average Bonchev–Trinajstić information content (AvgIpc) is 3.17. The third-order valence-corrected chi connectivity index (χ3v) is 4.32. The van der Waals surface area contributed by atoms with E-state index in [0.29, 0.717) is 23.2 Å². The number of amides is 1. The minimum atomic E-state index is -0.632. The van der Waals surface area contributed by atoms with Crippen LogP contribution in [-0.4, -0.2) is 19.0 Å². The molecule has 2 aromatic rings. The molecule has 3 nitrogen and oxygen atoms in total. The van der Waals surface area contributed by atoms with Crippen molar-refractivity contribution < 1.29 is 13.6 Å². The number of halogens is 2. The van der Waals surface area contributed by atoms with Gasteiger partial charge in [0.25, 0.3) is 5.91 Å². The van der Waals surface area contributed by atoms with Gasteiger partial charge in [0.05, 0.1) is 0 Å². The highest BCUT2D eigenvalue weighted by Crippen LogP contribution is 2.33. The Morgan fingerprint density at radius 1 is 0.957 bits per heavy atom. The standard InChI is InChI=1S/C18H14F2N2O/c19-12-1-2-13(17(20)7-12)11-5-14(10-3-4-21-8-10)16-9-22-18(23)15(16)6-11/h1-3,5-7,21H,4,8-9H2,(H,22,23). The van der Waals surface area contributed by atoms with Crippen LogP contribution in [0.3, 0.4) is 0 Å². The molecule has 0 aromatic heterocycles. The SMILES string of the molecule is O=C1NCc2c1cc(-c1ccc(F)cc1F)cc2C1=CCNC1. The van der Waals surface area contributed by atoms with Gasteiger partial charge in [-0.05, 0) is 46.5 Å². The van der Waals surface area contributed by atoms with Crippen LogP contribution < -0.4 is 10.6 Å². The van der Waals surface area contributed by atoms with E-state index in [1.165, 1.54) is 12.1 Å². The lowest BCUT2D eigenvalue weighted by molar-refractivity contribution is 0.0966. The number of fused-ring (bicyclic) bond motifs is 1. The van der Waals surface area contributed by atoms with E-state index in [9.17, 15) is 13.6 Å². The number of rotatable bonds is 2. The van der Waals surface area contributed by atoms with Crippen LogP contribution in [0.15, 0.2) is 36.4 Å². The molecule has 0 saturated carbocycles. The van der Waals surface area contributed by atoms with E-state index in [1.54, 1.807) is 6.07 Å². The fourth-order valence-corrected chi connectivity index (χ4v) is 3.17. The molecule has 0 unspecified atom stereocenters.